The summed E-state index contributed by atoms with van der Waals surface area (Å²) in [5, 5.41) is 27.5. The highest BCUT2D eigenvalue weighted by Crippen LogP contribution is 2.35. The van der Waals surface area contributed by atoms with Crippen molar-refractivity contribution >= 4 is 18.3 Å². The molecular formula is C21H33ClN2O3. The van der Waals surface area contributed by atoms with Gasteiger partial charge < -0.3 is 20.8 Å². The second-order valence-electron chi connectivity index (χ2n) is 8.61. The number of benzene rings is 1. The number of aromatic hydroxyl groups is 1. The summed E-state index contributed by atoms with van der Waals surface area (Å²) in [5.41, 5.74) is 2.16. The molecule has 1 aliphatic heterocycles. The van der Waals surface area contributed by atoms with E-state index in [1.807, 2.05) is 19.9 Å². The first-order valence-corrected chi connectivity index (χ1v) is 9.84. The van der Waals surface area contributed by atoms with Gasteiger partial charge in [0.25, 0.3) is 5.91 Å². The first-order chi connectivity index (χ1) is 12.3. The molecule has 0 unspecified atom stereocenters. The molecule has 152 valence electrons. The van der Waals surface area contributed by atoms with Gasteiger partial charge in [-0.2, -0.15) is 0 Å². The minimum absolute atomic E-state index is 0. The molecule has 0 aromatic heterocycles. The average Bonchev–Trinajstić information content (AvgIpc) is 3.01. The van der Waals surface area contributed by atoms with E-state index in [1.165, 1.54) is 0 Å². The van der Waals surface area contributed by atoms with E-state index in [2.05, 4.69) is 24.5 Å². The number of nitrogens with one attached hydrogen (secondary N) is 2. The fraction of sp³-hybridized carbons (Fsp3) is 0.667. The molecule has 1 heterocycles. The molecule has 27 heavy (non-hydrogen) atoms. The van der Waals surface area contributed by atoms with E-state index in [4.69, 9.17) is 0 Å². The summed E-state index contributed by atoms with van der Waals surface area (Å²) in [6.45, 7) is 10.1. The maximum atomic E-state index is 12.9. The molecule has 0 radical (unpaired) electrons. The van der Waals surface area contributed by atoms with Gasteiger partial charge >= 0.3 is 0 Å². The van der Waals surface area contributed by atoms with Crippen LogP contribution in [0, 0.1) is 11.8 Å². The molecule has 0 bridgehead atoms. The first-order valence-electron chi connectivity index (χ1n) is 9.84. The zero-order valence-electron chi connectivity index (χ0n) is 16.7. The Kier molecular flexibility index (Phi) is 7.17. The molecule has 1 aromatic carbocycles. The molecule has 3 rings (SSSR count). The second kappa shape index (κ2) is 8.80. The Morgan fingerprint density at radius 1 is 1.11 bits per heavy atom. The molecule has 1 saturated heterocycles. The van der Waals surface area contributed by atoms with Crippen LogP contribution in [0.4, 0.5) is 0 Å². The summed E-state index contributed by atoms with van der Waals surface area (Å²) >= 11 is 0. The van der Waals surface area contributed by atoms with Crippen LogP contribution in [-0.4, -0.2) is 41.4 Å². The average molecular weight is 397 g/mol. The molecule has 5 nitrogen and oxygen atoms in total. The lowest BCUT2D eigenvalue weighted by Gasteiger charge is -2.35. The quantitative estimate of drug-likeness (QED) is 0.630. The normalized spacial score (nSPS) is 27.4. The zero-order valence-corrected chi connectivity index (χ0v) is 17.5. The summed E-state index contributed by atoms with van der Waals surface area (Å²) in [6, 6.07) is 3.52. The van der Waals surface area contributed by atoms with Crippen molar-refractivity contribution in [3.05, 3.63) is 28.8 Å². The van der Waals surface area contributed by atoms with Gasteiger partial charge in [-0.15, -0.1) is 12.4 Å². The van der Waals surface area contributed by atoms with Crippen LogP contribution in [0.2, 0.25) is 0 Å². The van der Waals surface area contributed by atoms with Gasteiger partial charge in [0.1, 0.15) is 5.75 Å². The molecule has 1 amide bonds. The second-order valence-corrected chi connectivity index (χ2v) is 8.61. The Morgan fingerprint density at radius 2 is 1.74 bits per heavy atom. The molecule has 4 N–H and O–H groups in total. The predicted octanol–water partition coefficient (Wildman–Crippen LogP) is 3.15. The lowest BCUT2D eigenvalue weighted by molar-refractivity contribution is 0.0461. The van der Waals surface area contributed by atoms with Crippen molar-refractivity contribution in [1.29, 1.82) is 0 Å². The summed E-state index contributed by atoms with van der Waals surface area (Å²) < 4.78 is 0. The van der Waals surface area contributed by atoms with Crippen LogP contribution in [0.5, 0.6) is 5.75 Å². The number of carbonyl (C=O) groups is 1. The van der Waals surface area contributed by atoms with E-state index in [9.17, 15) is 15.0 Å². The summed E-state index contributed by atoms with van der Waals surface area (Å²) in [6.07, 6.45) is 0.976. The van der Waals surface area contributed by atoms with Crippen LogP contribution in [0.15, 0.2) is 12.1 Å². The molecule has 2 aliphatic rings. The minimum atomic E-state index is -0.528. The maximum absolute atomic E-state index is 12.9. The highest BCUT2D eigenvalue weighted by Gasteiger charge is 2.39. The number of rotatable bonds is 4. The highest BCUT2D eigenvalue weighted by molar-refractivity contribution is 5.97. The molecule has 1 aromatic rings. The number of hydrogen-bond acceptors (Lipinski definition) is 4. The van der Waals surface area contributed by atoms with Crippen LogP contribution < -0.4 is 10.6 Å². The topological polar surface area (TPSA) is 81.6 Å². The molecule has 6 heteroatoms. The zero-order chi connectivity index (χ0) is 19.0. The van der Waals surface area contributed by atoms with E-state index in [1.54, 1.807) is 6.07 Å². The van der Waals surface area contributed by atoms with Crippen molar-refractivity contribution in [2.45, 2.75) is 64.5 Å². The Bertz CT molecular complexity index is 678. The summed E-state index contributed by atoms with van der Waals surface area (Å²) in [4.78, 5) is 12.9. The Hall–Kier alpha value is -1.30. The van der Waals surface area contributed by atoms with Crippen LogP contribution >= 0.6 is 12.4 Å². The van der Waals surface area contributed by atoms with Crippen molar-refractivity contribution in [2.75, 3.05) is 13.1 Å². The standard InChI is InChI=1S/C21H32N2O3.ClH/c1-11(2)13-5-16(12(3)4)20(25)17(6-13)21(26)23-18-7-14-9-22-10-15(14)8-19(18)24;/h5-6,11-12,14-15,18-19,22,24-25H,7-10H2,1-4H3,(H,23,26);1H/t14-,15+,18-,19-;/m0./s1. The Balaban J connectivity index is 0.00000261. The summed E-state index contributed by atoms with van der Waals surface area (Å²) in [7, 11) is 0. The third-order valence-electron chi connectivity index (χ3n) is 6.06. The number of amides is 1. The number of fused-ring (bicyclic) bond motifs is 1. The molecule has 1 saturated carbocycles. The van der Waals surface area contributed by atoms with E-state index >= 15 is 0 Å². The van der Waals surface area contributed by atoms with Crippen molar-refractivity contribution in [1.82, 2.24) is 10.6 Å². The molecule has 0 spiro atoms. The molecular weight excluding hydrogens is 364 g/mol. The van der Waals surface area contributed by atoms with Gasteiger partial charge in [0.2, 0.25) is 0 Å². The van der Waals surface area contributed by atoms with Crippen molar-refractivity contribution in [2.24, 2.45) is 11.8 Å². The Labute approximate surface area is 168 Å². The van der Waals surface area contributed by atoms with Crippen LogP contribution in [0.1, 0.15) is 73.9 Å². The number of phenols is 1. The smallest absolute Gasteiger partial charge is 0.255 e. The SMILES string of the molecule is CC(C)c1cc(C(=O)N[C@H]2C[C@H]3CNC[C@H]3C[C@@H]2O)c(O)c(C(C)C)c1.Cl. The molecule has 1 aliphatic carbocycles. The molecule has 2 fully saturated rings. The fourth-order valence-electron chi connectivity index (χ4n) is 4.32. The number of carbonyl (C=O) groups excluding carboxylic acids is 1. The molecule has 4 atom stereocenters. The van der Waals surface area contributed by atoms with Gasteiger partial charge in [-0.3, -0.25) is 4.79 Å². The van der Waals surface area contributed by atoms with E-state index in [-0.39, 0.29) is 41.9 Å². The van der Waals surface area contributed by atoms with Gasteiger partial charge in [-0.25, -0.2) is 0 Å². The van der Waals surface area contributed by atoms with Crippen LogP contribution in [-0.2, 0) is 0 Å². The van der Waals surface area contributed by atoms with Crippen molar-refractivity contribution < 1.29 is 15.0 Å². The number of hydrogen-bond donors (Lipinski definition) is 4. The van der Waals surface area contributed by atoms with E-state index in [0.717, 1.165) is 37.1 Å². The minimum Gasteiger partial charge on any atom is -0.507 e. The highest BCUT2D eigenvalue weighted by atomic mass is 35.5. The third kappa shape index (κ3) is 4.58. The maximum Gasteiger partial charge on any atom is 0.255 e. The lowest BCUT2D eigenvalue weighted by Crippen LogP contribution is -2.49. The van der Waals surface area contributed by atoms with Crippen LogP contribution in [0.25, 0.3) is 0 Å². The van der Waals surface area contributed by atoms with Gasteiger partial charge in [-0.1, -0.05) is 33.8 Å². The lowest BCUT2D eigenvalue weighted by atomic mass is 9.77. The number of aliphatic hydroxyl groups is 1. The van der Waals surface area contributed by atoms with Gasteiger partial charge in [0.05, 0.1) is 17.7 Å². The number of aliphatic hydroxyl groups excluding tert-OH is 1. The predicted molar refractivity (Wildman–Crippen MR) is 110 cm³/mol. The Morgan fingerprint density at radius 3 is 2.33 bits per heavy atom. The van der Waals surface area contributed by atoms with Crippen molar-refractivity contribution in [3.8, 4) is 5.75 Å². The van der Waals surface area contributed by atoms with Gasteiger partial charge in [0, 0.05) is 0 Å². The van der Waals surface area contributed by atoms with Gasteiger partial charge in [-0.05, 0) is 66.8 Å². The first kappa shape index (κ1) is 22.0. The van der Waals surface area contributed by atoms with Crippen molar-refractivity contribution in [3.63, 3.8) is 0 Å². The van der Waals surface area contributed by atoms with Gasteiger partial charge in [0.15, 0.2) is 0 Å². The van der Waals surface area contributed by atoms with E-state index < -0.39 is 6.10 Å². The van der Waals surface area contributed by atoms with Crippen LogP contribution in [0.3, 0.4) is 0 Å². The number of halogens is 1. The summed E-state index contributed by atoms with van der Waals surface area (Å²) in [5.74, 6) is 1.18. The van der Waals surface area contributed by atoms with E-state index in [0.29, 0.717) is 17.4 Å². The monoisotopic (exact) mass is 396 g/mol. The third-order valence-corrected chi connectivity index (χ3v) is 6.06. The number of phenolic OH excluding ortho intramolecular Hbond substituents is 1. The fourth-order valence-corrected chi connectivity index (χ4v) is 4.32. The largest absolute Gasteiger partial charge is 0.507 e.